The Morgan fingerprint density at radius 2 is 2.26 bits per heavy atom. The minimum absolute atomic E-state index is 0.0567. The zero-order valence-electron chi connectivity index (χ0n) is 13.1. The molecular weight excluding hydrogens is 317 g/mol. The number of nitrogens with zero attached hydrogens (tertiary/aromatic N) is 5. The number of halogens is 1. The molecule has 23 heavy (non-hydrogen) atoms. The molecule has 0 unspecified atom stereocenters. The molecule has 0 fully saturated rings. The molecule has 1 aromatic carbocycles. The highest BCUT2D eigenvalue weighted by atomic mass is 32.2. The zero-order chi connectivity index (χ0) is 16.4. The summed E-state index contributed by atoms with van der Waals surface area (Å²) in [6.07, 6.45) is 0.860. The average Bonchev–Trinajstić information content (AvgIpc) is 2.86. The number of anilines is 1. The van der Waals surface area contributed by atoms with Gasteiger partial charge in [0.15, 0.2) is 5.82 Å². The molecule has 1 aliphatic heterocycles. The van der Waals surface area contributed by atoms with Crippen LogP contribution in [0.15, 0.2) is 23.1 Å². The third-order valence-corrected chi connectivity index (χ3v) is 4.81. The average molecular weight is 335 g/mol. The van der Waals surface area contributed by atoms with Crippen LogP contribution in [0.2, 0.25) is 0 Å². The highest BCUT2D eigenvalue weighted by molar-refractivity contribution is 7.99. The maximum atomic E-state index is 13.6. The summed E-state index contributed by atoms with van der Waals surface area (Å²) in [5.74, 6) is 1.23. The fourth-order valence-electron chi connectivity index (χ4n) is 2.56. The van der Waals surface area contributed by atoms with E-state index < -0.39 is 0 Å². The number of tetrazole rings is 1. The van der Waals surface area contributed by atoms with Gasteiger partial charge in [-0.1, -0.05) is 13.8 Å². The first kappa shape index (κ1) is 15.9. The SMILES string of the molecule is CC(C)c1nnnn1CC(=O)N1CCCSc2ccc(F)cc21. The molecule has 0 N–H and O–H groups in total. The Balaban J connectivity index is 1.87. The Labute approximate surface area is 138 Å². The lowest BCUT2D eigenvalue weighted by Gasteiger charge is -2.22. The van der Waals surface area contributed by atoms with Gasteiger partial charge in [-0.25, -0.2) is 9.07 Å². The first-order chi connectivity index (χ1) is 11.1. The zero-order valence-corrected chi connectivity index (χ0v) is 13.9. The van der Waals surface area contributed by atoms with Gasteiger partial charge in [0.25, 0.3) is 0 Å². The number of carbonyl (C=O) groups is 1. The number of amides is 1. The molecule has 0 aliphatic carbocycles. The second-order valence-electron chi connectivity index (χ2n) is 5.71. The molecule has 2 aromatic rings. The van der Waals surface area contributed by atoms with Gasteiger partial charge in [0, 0.05) is 17.4 Å². The molecule has 3 rings (SSSR count). The number of carbonyl (C=O) groups excluding carboxylic acids is 1. The number of hydrogen-bond acceptors (Lipinski definition) is 5. The summed E-state index contributed by atoms with van der Waals surface area (Å²) in [5, 5.41) is 11.5. The Morgan fingerprint density at radius 1 is 1.43 bits per heavy atom. The van der Waals surface area contributed by atoms with E-state index in [-0.39, 0.29) is 24.2 Å². The number of rotatable bonds is 3. The molecule has 6 nitrogen and oxygen atoms in total. The Morgan fingerprint density at radius 3 is 3.04 bits per heavy atom. The largest absolute Gasteiger partial charge is 0.310 e. The molecular formula is C15H18FN5OS. The molecule has 0 atom stereocenters. The molecule has 0 saturated carbocycles. The van der Waals surface area contributed by atoms with E-state index in [4.69, 9.17) is 0 Å². The molecule has 1 amide bonds. The smallest absolute Gasteiger partial charge is 0.248 e. The van der Waals surface area contributed by atoms with Crippen LogP contribution < -0.4 is 4.90 Å². The molecule has 0 spiro atoms. The Bertz CT molecular complexity index is 718. The van der Waals surface area contributed by atoms with Crippen LogP contribution in [0.5, 0.6) is 0 Å². The van der Waals surface area contributed by atoms with Gasteiger partial charge < -0.3 is 4.90 Å². The van der Waals surface area contributed by atoms with Gasteiger partial charge in [-0.3, -0.25) is 4.79 Å². The van der Waals surface area contributed by atoms with E-state index >= 15 is 0 Å². The topological polar surface area (TPSA) is 63.9 Å². The van der Waals surface area contributed by atoms with Crippen LogP contribution in [-0.2, 0) is 11.3 Å². The Hall–Kier alpha value is -1.96. The van der Waals surface area contributed by atoms with Crippen molar-refractivity contribution in [3.63, 3.8) is 0 Å². The maximum Gasteiger partial charge on any atom is 0.248 e. The van der Waals surface area contributed by atoms with Crippen molar-refractivity contribution in [3.8, 4) is 0 Å². The van der Waals surface area contributed by atoms with E-state index in [0.717, 1.165) is 17.1 Å². The summed E-state index contributed by atoms with van der Waals surface area (Å²) in [4.78, 5) is 15.3. The highest BCUT2D eigenvalue weighted by Crippen LogP contribution is 2.34. The molecule has 8 heteroatoms. The first-order valence-corrected chi connectivity index (χ1v) is 8.53. The van der Waals surface area contributed by atoms with Crippen molar-refractivity contribution < 1.29 is 9.18 Å². The van der Waals surface area contributed by atoms with Crippen LogP contribution in [0.4, 0.5) is 10.1 Å². The van der Waals surface area contributed by atoms with Crippen LogP contribution in [0.25, 0.3) is 0 Å². The van der Waals surface area contributed by atoms with Gasteiger partial charge in [-0.15, -0.1) is 16.9 Å². The monoisotopic (exact) mass is 335 g/mol. The summed E-state index contributed by atoms with van der Waals surface area (Å²) < 4.78 is 15.1. The summed E-state index contributed by atoms with van der Waals surface area (Å²) >= 11 is 1.65. The maximum absolute atomic E-state index is 13.6. The van der Waals surface area contributed by atoms with Crippen LogP contribution in [0, 0.1) is 5.82 Å². The highest BCUT2D eigenvalue weighted by Gasteiger charge is 2.24. The van der Waals surface area contributed by atoms with Gasteiger partial charge in [-0.05, 0) is 40.8 Å². The lowest BCUT2D eigenvalue weighted by Crippen LogP contribution is -2.35. The van der Waals surface area contributed by atoms with Crippen LogP contribution in [0.1, 0.15) is 32.0 Å². The van der Waals surface area contributed by atoms with Crippen molar-refractivity contribution in [2.75, 3.05) is 17.2 Å². The van der Waals surface area contributed by atoms with Crippen LogP contribution in [0.3, 0.4) is 0 Å². The standard InChI is InChI=1S/C15H18FN5OS/c1-10(2)15-17-18-19-21(15)9-14(22)20-6-3-7-23-13-5-4-11(16)8-12(13)20/h4-5,8,10H,3,6-7,9H2,1-2H3. The molecule has 1 aromatic heterocycles. The second-order valence-corrected chi connectivity index (χ2v) is 6.85. The molecule has 0 saturated heterocycles. The van der Waals surface area contributed by atoms with Crippen molar-refractivity contribution in [2.45, 2.75) is 37.6 Å². The van der Waals surface area contributed by atoms with E-state index in [1.54, 1.807) is 22.7 Å². The predicted molar refractivity (Wildman–Crippen MR) is 86.0 cm³/mol. The fourth-order valence-corrected chi connectivity index (χ4v) is 3.53. The lowest BCUT2D eigenvalue weighted by atomic mass is 10.2. The number of fused-ring (bicyclic) bond motifs is 1. The predicted octanol–water partition coefficient (Wildman–Crippen LogP) is 2.46. The number of aromatic nitrogens is 4. The normalized spacial score (nSPS) is 14.7. The first-order valence-electron chi connectivity index (χ1n) is 7.55. The number of benzene rings is 1. The lowest BCUT2D eigenvalue weighted by molar-refractivity contribution is -0.119. The summed E-state index contributed by atoms with van der Waals surface area (Å²) in [5.41, 5.74) is 0.636. The van der Waals surface area contributed by atoms with Crippen LogP contribution >= 0.6 is 11.8 Å². The Kier molecular flexibility index (Phi) is 4.61. The van der Waals surface area contributed by atoms with Crippen molar-refractivity contribution in [3.05, 3.63) is 29.8 Å². The molecule has 0 bridgehead atoms. The van der Waals surface area contributed by atoms with Crippen molar-refractivity contribution in [2.24, 2.45) is 0 Å². The summed E-state index contributed by atoms with van der Waals surface area (Å²) in [7, 11) is 0. The number of hydrogen-bond donors (Lipinski definition) is 0. The third kappa shape index (κ3) is 3.36. The molecule has 122 valence electrons. The van der Waals surface area contributed by atoms with Gasteiger partial charge in [0.2, 0.25) is 5.91 Å². The minimum atomic E-state index is -0.339. The van der Waals surface area contributed by atoms with E-state index in [1.807, 2.05) is 13.8 Å². The minimum Gasteiger partial charge on any atom is -0.310 e. The molecule has 0 radical (unpaired) electrons. The van der Waals surface area contributed by atoms with Gasteiger partial charge >= 0.3 is 0 Å². The van der Waals surface area contributed by atoms with Crippen molar-refractivity contribution >= 4 is 23.4 Å². The van der Waals surface area contributed by atoms with E-state index in [0.29, 0.717) is 18.1 Å². The quantitative estimate of drug-likeness (QED) is 0.862. The van der Waals surface area contributed by atoms with Gasteiger partial charge in [0.1, 0.15) is 12.4 Å². The van der Waals surface area contributed by atoms with E-state index in [9.17, 15) is 9.18 Å². The van der Waals surface area contributed by atoms with Crippen LogP contribution in [-0.4, -0.2) is 38.4 Å². The van der Waals surface area contributed by atoms with E-state index in [2.05, 4.69) is 15.5 Å². The second kappa shape index (κ2) is 6.66. The van der Waals surface area contributed by atoms with Gasteiger partial charge in [0.05, 0.1) is 5.69 Å². The van der Waals surface area contributed by atoms with Gasteiger partial charge in [-0.2, -0.15) is 0 Å². The summed E-state index contributed by atoms with van der Waals surface area (Å²) in [6.45, 7) is 4.57. The third-order valence-electron chi connectivity index (χ3n) is 3.66. The van der Waals surface area contributed by atoms with E-state index in [1.165, 1.54) is 16.8 Å². The fraction of sp³-hybridized carbons (Fsp3) is 0.467. The van der Waals surface area contributed by atoms with Crippen molar-refractivity contribution in [1.82, 2.24) is 20.2 Å². The number of thioether (sulfide) groups is 1. The molecule has 1 aliphatic rings. The summed E-state index contributed by atoms with van der Waals surface area (Å²) in [6, 6.07) is 4.59. The molecule has 2 heterocycles. The van der Waals surface area contributed by atoms with Crippen molar-refractivity contribution in [1.29, 1.82) is 0 Å².